The molecule has 1 aliphatic heterocycles. The Kier molecular flexibility index (Phi) is 4.90. The number of amides is 1. The molecule has 1 saturated heterocycles. The normalized spacial score (nSPS) is 27.3. The number of hydrogen-bond donors (Lipinski definition) is 2. The molecule has 2 N–H and O–H groups in total. The van der Waals surface area contributed by atoms with Crippen molar-refractivity contribution in [2.24, 2.45) is 5.92 Å². The zero-order valence-electron chi connectivity index (χ0n) is 9.01. The van der Waals surface area contributed by atoms with Crippen molar-refractivity contribution in [2.75, 3.05) is 26.7 Å². The lowest BCUT2D eigenvalue weighted by Gasteiger charge is -2.29. The lowest BCUT2D eigenvalue weighted by atomic mass is 9.97. The summed E-state index contributed by atoms with van der Waals surface area (Å²) in [6.45, 7) is 4.72. The maximum Gasteiger partial charge on any atom is 0.222 e. The van der Waals surface area contributed by atoms with Crippen LogP contribution >= 0.6 is 0 Å². The molecule has 0 aliphatic carbocycles. The van der Waals surface area contributed by atoms with Gasteiger partial charge in [-0.25, -0.2) is 0 Å². The van der Waals surface area contributed by atoms with Gasteiger partial charge in [0.25, 0.3) is 0 Å². The van der Waals surface area contributed by atoms with E-state index in [1.807, 2.05) is 0 Å². The van der Waals surface area contributed by atoms with Crippen LogP contribution in [0.25, 0.3) is 0 Å². The Morgan fingerprint density at radius 3 is 3.07 bits per heavy atom. The van der Waals surface area contributed by atoms with Crippen molar-refractivity contribution in [2.45, 2.75) is 25.9 Å². The molecule has 0 saturated carbocycles. The molecule has 1 rings (SSSR count). The van der Waals surface area contributed by atoms with E-state index in [0.29, 0.717) is 18.9 Å². The minimum absolute atomic E-state index is 0.0430. The predicted molar refractivity (Wildman–Crippen MR) is 55.1 cm³/mol. The van der Waals surface area contributed by atoms with Gasteiger partial charge >= 0.3 is 0 Å². The van der Waals surface area contributed by atoms with E-state index < -0.39 is 0 Å². The predicted octanol–water partition coefficient (Wildman–Crippen LogP) is 0.137. The van der Waals surface area contributed by atoms with E-state index in [0.717, 1.165) is 19.5 Å². The summed E-state index contributed by atoms with van der Waals surface area (Å²) in [6.07, 6.45) is 1.89. The quantitative estimate of drug-likeness (QED) is 0.678. The minimum atomic E-state index is 0.0430. The van der Waals surface area contributed by atoms with Crippen LogP contribution in [0.3, 0.4) is 0 Å². The molecule has 0 aromatic carbocycles. The van der Waals surface area contributed by atoms with E-state index in [4.69, 9.17) is 4.74 Å². The van der Waals surface area contributed by atoms with Gasteiger partial charge in [0.1, 0.15) is 0 Å². The second-order valence-electron chi connectivity index (χ2n) is 3.80. The topological polar surface area (TPSA) is 50.4 Å². The van der Waals surface area contributed by atoms with Crippen LogP contribution in [-0.2, 0) is 9.53 Å². The Morgan fingerprint density at radius 1 is 1.64 bits per heavy atom. The number of ether oxygens (including phenoxy) is 1. The first-order valence-corrected chi connectivity index (χ1v) is 5.27. The van der Waals surface area contributed by atoms with Gasteiger partial charge in [0.2, 0.25) is 5.91 Å². The molecule has 0 aromatic rings. The van der Waals surface area contributed by atoms with Crippen LogP contribution in [0.15, 0.2) is 0 Å². The van der Waals surface area contributed by atoms with Crippen LogP contribution in [-0.4, -0.2) is 38.8 Å². The molecule has 2 atom stereocenters. The highest BCUT2D eigenvalue weighted by molar-refractivity contribution is 5.75. The van der Waals surface area contributed by atoms with Crippen molar-refractivity contribution in [3.8, 4) is 0 Å². The molecule has 1 heterocycles. The van der Waals surface area contributed by atoms with Crippen LogP contribution < -0.4 is 10.6 Å². The summed E-state index contributed by atoms with van der Waals surface area (Å²) in [7, 11) is 1.65. The summed E-state index contributed by atoms with van der Waals surface area (Å²) in [5, 5.41) is 5.87. The number of rotatable bonds is 4. The molecule has 14 heavy (non-hydrogen) atoms. The van der Waals surface area contributed by atoms with E-state index in [1.54, 1.807) is 7.05 Å². The molecule has 1 fully saturated rings. The first-order chi connectivity index (χ1) is 6.74. The number of carbonyl (C=O) groups excluding carboxylic acids is 1. The summed E-state index contributed by atoms with van der Waals surface area (Å²) in [5.41, 5.74) is 0. The lowest BCUT2D eigenvalue weighted by molar-refractivity contribution is -0.122. The minimum Gasteiger partial charge on any atom is -0.376 e. The fraction of sp³-hybridized carbons (Fsp3) is 0.900. The first-order valence-electron chi connectivity index (χ1n) is 5.27. The van der Waals surface area contributed by atoms with Gasteiger partial charge in [0, 0.05) is 20.0 Å². The van der Waals surface area contributed by atoms with Gasteiger partial charge in [-0.2, -0.15) is 0 Å². The summed E-state index contributed by atoms with van der Waals surface area (Å²) >= 11 is 0. The zero-order valence-corrected chi connectivity index (χ0v) is 9.01. The molecule has 0 radical (unpaired) electrons. The van der Waals surface area contributed by atoms with Crippen molar-refractivity contribution >= 4 is 5.91 Å². The smallest absolute Gasteiger partial charge is 0.222 e. The van der Waals surface area contributed by atoms with Crippen LogP contribution in [0, 0.1) is 5.92 Å². The van der Waals surface area contributed by atoms with Gasteiger partial charge in [0.15, 0.2) is 0 Å². The second-order valence-corrected chi connectivity index (χ2v) is 3.80. The average Bonchev–Trinajstić information content (AvgIpc) is 2.20. The third-order valence-corrected chi connectivity index (χ3v) is 2.70. The molecule has 0 bridgehead atoms. The molecule has 0 aromatic heterocycles. The molecule has 1 amide bonds. The van der Waals surface area contributed by atoms with E-state index in [9.17, 15) is 4.79 Å². The molecule has 1 aliphatic rings. The molecule has 4 nitrogen and oxygen atoms in total. The van der Waals surface area contributed by atoms with E-state index in [2.05, 4.69) is 17.6 Å². The number of carbonyl (C=O) groups is 1. The van der Waals surface area contributed by atoms with Crippen molar-refractivity contribution in [3.05, 3.63) is 0 Å². The maximum absolute atomic E-state index is 10.9. The highest BCUT2D eigenvalue weighted by Gasteiger charge is 2.21. The zero-order chi connectivity index (χ0) is 10.4. The van der Waals surface area contributed by atoms with E-state index >= 15 is 0 Å². The number of nitrogens with one attached hydrogen (secondary N) is 2. The van der Waals surface area contributed by atoms with E-state index in [-0.39, 0.29) is 12.0 Å². The summed E-state index contributed by atoms with van der Waals surface area (Å²) in [5.74, 6) is 0.641. The fourth-order valence-electron chi connectivity index (χ4n) is 1.61. The SMILES string of the molecule is CNC(=O)CCOC1CNCCC1C. The monoisotopic (exact) mass is 200 g/mol. The van der Waals surface area contributed by atoms with Gasteiger partial charge in [-0.3, -0.25) is 4.79 Å². The lowest BCUT2D eigenvalue weighted by Crippen LogP contribution is -2.41. The fourth-order valence-corrected chi connectivity index (χ4v) is 1.61. The Morgan fingerprint density at radius 2 is 2.43 bits per heavy atom. The summed E-state index contributed by atoms with van der Waals surface area (Å²) in [6, 6.07) is 0. The molecule has 2 unspecified atom stereocenters. The van der Waals surface area contributed by atoms with Crippen LogP contribution in [0.5, 0.6) is 0 Å². The molecule has 0 spiro atoms. The van der Waals surface area contributed by atoms with E-state index in [1.165, 1.54) is 0 Å². The van der Waals surface area contributed by atoms with Gasteiger partial charge in [-0.15, -0.1) is 0 Å². The third-order valence-electron chi connectivity index (χ3n) is 2.70. The van der Waals surface area contributed by atoms with Gasteiger partial charge in [-0.1, -0.05) is 6.92 Å². The van der Waals surface area contributed by atoms with Crippen molar-refractivity contribution in [1.29, 1.82) is 0 Å². The summed E-state index contributed by atoms with van der Waals surface area (Å²) < 4.78 is 5.64. The number of piperidine rings is 1. The molecule has 4 heteroatoms. The molecular formula is C10H20N2O2. The van der Waals surface area contributed by atoms with Gasteiger partial charge in [0.05, 0.1) is 12.7 Å². The number of hydrogen-bond acceptors (Lipinski definition) is 3. The Balaban J connectivity index is 2.13. The van der Waals surface area contributed by atoms with Gasteiger partial charge < -0.3 is 15.4 Å². The second kappa shape index (κ2) is 5.98. The molecular weight excluding hydrogens is 180 g/mol. The standard InChI is InChI=1S/C10H20N2O2/c1-8-3-5-12-7-9(8)14-6-4-10(13)11-2/h8-9,12H,3-7H2,1-2H3,(H,11,13). The average molecular weight is 200 g/mol. The van der Waals surface area contributed by atoms with Crippen molar-refractivity contribution in [3.63, 3.8) is 0 Å². The van der Waals surface area contributed by atoms with Crippen molar-refractivity contribution < 1.29 is 9.53 Å². The first kappa shape index (κ1) is 11.5. The highest BCUT2D eigenvalue weighted by atomic mass is 16.5. The van der Waals surface area contributed by atoms with Crippen LogP contribution in [0.2, 0.25) is 0 Å². The summed E-state index contributed by atoms with van der Waals surface area (Å²) in [4.78, 5) is 10.9. The third kappa shape index (κ3) is 3.64. The Hall–Kier alpha value is -0.610. The largest absolute Gasteiger partial charge is 0.376 e. The Labute approximate surface area is 85.4 Å². The van der Waals surface area contributed by atoms with Gasteiger partial charge in [-0.05, 0) is 18.9 Å². The maximum atomic E-state index is 10.9. The molecule has 82 valence electrons. The Bertz CT molecular complexity index is 185. The van der Waals surface area contributed by atoms with Crippen molar-refractivity contribution in [1.82, 2.24) is 10.6 Å². The van der Waals surface area contributed by atoms with Crippen LogP contribution in [0.4, 0.5) is 0 Å². The highest BCUT2D eigenvalue weighted by Crippen LogP contribution is 2.14. The van der Waals surface area contributed by atoms with Crippen LogP contribution in [0.1, 0.15) is 19.8 Å².